The van der Waals surface area contributed by atoms with Crippen molar-refractivity contribution in [2.75, 3.05) is 0 Å². The van der Waals surface area contributed by atoms with E-state index in [1.807, 2.05) is 20.8 Å². The molecule has 0 atom stereocenters. The molecule has 6 heteroatoms. The highest BCUT2D eigenvalue weighted by molar-refractivity contribution is 6.30. The first-order chi connectivity index (χ1) is 9.58. The average molecular weight is 317 g/mol. The summed E-state index contributed by atoms with van der Waals surface area (Å²) < 4.78 is 39.2. The summed E-state index contributed by atoms with van der Waals surface area (Å²) in [6.07, 6.45) is -2.81. The molecule has 0 fully saturated rings. The van der Waals surface area contributed by atoms with Crippen LogP contribution >= 0.6 is 11.6 Å². The minimum Gasteiger partial charge on any atom is -0.255 e. The van der Waals surface area contributed by atoms with Gasteiger partial charge in [-0.25, -0.2) is 0 Å². The van der Waals surface area contributed by atoms with Gasteiger partial charge in [0.05, 0.1) is 11.9 Å². The third kappa shape index (κ3) is 3.79. The highest BCUT2D eigenvalue weighted by Gasteiger charge is 2.32. The molecule has 0 radical (unpaired) electrons. The fourth-order valence-corrected chi connectivity index (χ4v) is 2.26. The summed E-state index contributed by atoms with van der Waals surface area (Å²) in [4.78, 5) is 0. The Balaban J connectivity index is 2.58. The summed E-state index contributed by atoms with van der Waals surface area (Å²) in [5.74, 6) is 0. The predicted octanol–water partition coefficient (Wildman–Crippen LogP) is 5.06. The number of nitrogens with zero attached hydrogens (tertiary/aromatic N) is 2. The van der Waals surface area contributed by atoms with Crippen LogP contribution in [0, 0.1) is 0 Å². The lowest BCUT2D eigenvalue weighted by Crippen LogP contribution is -2.20. The van der Waals surface area contributed by atoms with Gasteiger partial charge in [-0.2, -0.15) is 18.3 Å². The summed E-state index contributed by atoms with van der Waals surface area (Å²) in [6.45, 7) is 4.73. The Morgan fingerprint density at radius 3 is 2.14 bits per heavy atom. The Hall–Kier alpha value is -1.49. The van der Waals surface area contributed by atoms with Crippen LogP contribution in [0.25, 0.3) is 11.3 Å². The van der Waals surface area contributed by atoms with Crippen molar-refractivity contribution in [1.29, 1.82) is 0 Å². The molecule has 0 amide bonds. The molecule has 21 heavy (non-hydrogen) atoms. The number of benzene rings is 1. The number of alkyl halides is 3. The Labute approximate surface area is 126 Å². The van der Waals surface area contributed by atoms with Crippen LogP contribution in [-0.2, 0) is 12.0 Å². The molecule has 1 heterocycles. The van der Waals surface area contributed by atoms with Gasteiger partial charge in [-0.05, 0) is 17.5 Å². The van der Waals surface area contributed by atoms with Gasteiger partial charge in [-0.15, -0.1) is 0 Å². The molecule has 0 saturated carbocycles. The lowest BCUT2D eigenvalue weighted by atomic mass is 9.85. The zero-order chi connectivity index (χ0) is 15.8. The molecule has 2 aromatic rings. The molecule has 2 rings (SSSR count). The van der Waals surface area contributed by atoms with Crippen LogP contribution in [0.5, 0.6) is 0 Å². The van der Waals surface area contributed by atoms with E-state index in [1.165, 1.54) is 6.20 Å². The molecule has 0 spiro atoms. The van der Waals surface area contributed by atoms with Gasteiger partial charge in [0.15, 0.2) is 0 Å². The Morgan fingerprint density at radius 2 is 1.67 bits per heavy atom. The number of hydrogen-bond donors (Lipinski definition) is 0. The molecule has 2 nitrogen and oxygen atoms in total. The van der Waals surface area contributed by atoms with Crippen molar-refractivity contribution in [2.45, 2.75) is 38.9 Å². The minimum absolute atomic E-state index is 0.307. The fourth-order valence-electron chi connectivity index (χ4n) is 2.14. The Kier molecular flexibility index (Phi) is 4.06. The average Bonchev–Trinajstić information content (AvgIpc) is 2.71. The van der Waals surface area contributed by atoms with Crippen LogP contribution in [0.3, 0.4) is 0 Å². The number of aromatic nitrogens is 2. The molecule has 0 saturated heterocycles. The number of hydrogen-bond acceptors (Lipinski definition) is 1. The fraction of sp³-hybridized carbons (Fsp3) is 0.400. The largest absolute Gasteiger partial charge is 0.408 e. The van der Waals surface area contributed by atoms with E-state index < -0.39 is 12.7 Å². The van der Waals surface area contributed by atoms with Crippen LogP contribution in [-0.4, -0.2) is 16.0 Å². The lowest BCUT2D eigenvalue weighted by molar-refractivity contribution is -0.142. The van der Waals surface area contributed by atoms with Crippen molar-refractivity contribution in [3.8, 4) is 11.3 Å². The molecular weight excluding hydrogens is 301 g/mol. The molecule has 0 aliphatic rings. The minimum atomic E-state index is -4.32. The van der Waals surface area contributed by atoms with E-state index in [9.17, 15) is 13.2 Å². The van der Waals surface area contributed by atoms with Crippen molar-refractivity contribution in [3.05, 3.63) is 41.0 Å². The molecule has 0 aliphatic carbocycles. The van der Waals surface area contributed by atoms with Gasteiger partial charge in [-0.1, -0.05) is 44.5 Å². The zero-order valence-electron chi connectivity index (χ0n) is 12.0. The molecule has 1 aromatic heterocycles. The van der Waals surface area contributed by atoms with Crippen LogP contribution in [0.4, 0.5) is 13.2 Å². The second-order valence-corrected chi connectivity index (χ2v) is 6.37. The Bertz CT molecular complexity index is 622. The zero-order valence-corrected chi connectivity index (χ0v) is 12.8. The smallest absolute Gasteiger partial charge is 0.255 e. The van der Waals surface area contributed by atoms with E-state index >= 15 is 0 Å². The molecule has 1 aromatic carbocycles. The summed E-state index contributed by atoms with van der Waals surface area (Å²) in [6, 6.07) is 6.74. The number of halogens is 4. The SMILES string of the molecule is CC(C)(C)c1cnn(CC(F)(F)F)c1-c1ccc(Cl)cc1. The summed E-state index contributed by atoms with van der Waals surface area (Å²) in [5.41, 5.74) is 1.62. The first kappa shape index (κ1) is 15.9. The van der Waals surface area contributed by atoms with E-state index in [4.69, 9.17) is 11.6 Å². The molecule has 0 bridgehead atoms. The Morgan fingerprint density at radius 1 is 1.10 bits per heavy atom. The van der Waals surface area contributed by atoms with E-state index in [-0.39, 0.29) is 5.41 Å². The topological polar surface area (TPSA) is 17.8 Å². The van der Waals surface area contributed by atoms with Crippen LogP contribution < -0.4 is 0 Å². The third-order valence-corrected chi connectivity index (χ3v) is 3.35. The molecular formula is C15H16ClF3N2. The summed E-state index contributed by atoms with van der Waals surface area (Å²) >= 11 is 5.85. The number of rotatable bonds is 2. The molecule has 0 unspecified atom stereocenters. The van der Waals surface area contributed by atoms with E-state index in [1.54, 1.807) is 24.3 Å². The van der Waals surface area contributed by atoms with E-state index in [0.717, 1.165) is 10.2 Å². The molecule has 114 valence electrons. The second kappa shape index (κ2) is 5.37. The van der Waals surface area contributed by atoms with Crippen LogP contribution in [0.1, 0.15) is 26.3 Å². The van der Waals surface area contributed by atoms with Gasteiger partial charge >= 0.3 is 6.18 Å². The third-order valence-electron chi connectivity index (χ3n) is 3.09. The first-order valence-corrected chi connectivity index (χ1v) is 6.85. The highest BCUT2D eigenvalue weighted by atomic mass is 35.5. The highest BCUT2D eigenvalue weighted by Crippen LogP contribution is 2.34. The van der Waals surface area contributed by atoms with Crippen LogP contribution in [0.15, 0.2) is 30.5 Å². The second-order valence-electron chi connectivity index (χ2n) is 5.94. The normalized spacial score (nSPS) is 12.7. The summed E-state index contributed by atoms with van der Waals surface area (Å²) in [7, 11) is 0. The standard InChI is InChI=1S/C15H16ClF3N2/c1-14(2,3)12-8-20-21(9-15(17,18)19)13(12)10-4-6-11(16)7-5-10/h4-8H,9H2,1-3H3. The van der Waals surface area contributed by atoms with Gasteiger partial charge in [-0.3, -0.25) is 4.68 Å². The maximum atomic E-state index is 12.7. The van der Waals surface area contributed by atoms with Gasteiger partial charge in [0.2, 0.25) is 0 Å². The maximum Gasteiger partial charge on any atom is 0.408 e. The van der Waals surface area contributed by atoms with Gasteiger partial charge in [0.25, 0.3) is 0 Å². The van der Waals surface area contributed by atoms with Gasteiger partial charge in [0.1, 0.15) is 6.54 Å². The molecule has 0 N–H and O–H groups in total. The van der Waals surface area contributed by atoms with Crippen molar-refractivity contribution in [3.63, 3.8) is 0 Å². The van der Waals surface area contributed by atoms with Crippen molar-refractivity contribution in [1.82, 2.24) is 9.78 Å². The van der Waals surface area contributed by atoms with Crippen LogP contribution in [0.2, 0.25) is 5.02 Å². The first-order valence-electron chi connectivity index (χ1n) is 6.47. The van der Waals surface area contributed by atoms with Crippen molar-refractivity contribution in [2.24, 2.45) is 0 Å². The monoisotopic (exact) mass is 316 g/mol. The van der Waals surface area contributed by atoms with Crippen molar-refractivity contribution < 1.29 is 13.2 Å². The van der Waals surface area contributed by atoms with E-state index in [2.05, 4.69) is 5.10 Å². The van der Waals surface area contributed by atoms with Gasteiger partial charge in [0, 0.05) is 16.1 Å². The quantitative estimate of drug-likeness (QED) is 0.757. The lowest BCUT2D eigenvalue weighted by Gasteiger charge is -2.20. The predicted molar refractivity (Wildman–Crippen MR) is 77.4 cm³/mol. The van der Waals surface area contributed by atoms with E-state index in [0.29, 0.717) is 16.3 Å². The van der Waals surface area contributed by atoms with Gasteiger partial charge < -0.3 is 0 Å². The maximum absolute atomic E-state index is 12.7. The summed E-state index contributed by atoms with van der Waals surface area (Å²) in [5, 5.41) is 4.47. The van der Waals surface area contributed by atoms with Crippen molar-refractivity contribution >= 4 is 11.6 Å². The molecule has 0 aliphatic heterocycles.